The van der Waals surface area contributed by atoms with Crippen molar-refractivity contribution in [2.24, 2.45) is 11.3 Å². The van der Waals surface area contributed by atoms with Crippen LogP contribution in [0.2, 0.25) is 0 Å². The summed E-state index contributed by atoms with van der Waals surface area (Å²) in [5, 5.41) is 12.4. The van der Waals surface area contributed by atoms with E-state index in [1.165, 1.54) is 32.1 Å². The number of aryl methyl sites for hydroxylation is 1. The fraction of sp³-hybridized carbons (Fsp3) is 0.600. The zero-order valence-electron chi connectivity index (χ0n) is 28.2. The summed E-state index contributed by atoms with van der Waals surface area (Å²) in [7, 11) is 0. The number of benzene rings is 2. The van der Waals surface area contributed by atoms with Crippen LogP contribution < -0.4 is 24.2 Å². The van der Waals surface area contributed by atoms with Gasteiger partial charge in [0.1, 0.15) is 6.04 Å². The third kappa shape index (κ3) is 13.0. The van der Waals surface area contributed by atoms with Crippen LogP contribution in [0.3, 0.4) is 0 Å². The van der Waals surface area contributed by atoms with Crippen LogP contribution in [-0.4, -0.2) is 54.4 Å². The van der Waals surface area contributed by atoms with Crippen LogP contribution in [0.15, 0.2) is 42.5 Å². The largest absolute Gasteiger partial charge is 1.00 e. The Morgan fingerprint density at radius 3 is 2.47 bits per heavy atom. The quantitative estimate of drug-likeness (QED) is 0.207. The Balaban J connectivity index is 0.00000484. The zero-order valence-corrected chi connectivity index (χ0v) is 28.1. The maximum absolute atomic E-state index is 13.4. The number of carbonyl (C=O) groups is 2. The van der Waals surface area contributed by atoms with Crippen molar-refractivity contribution in [2.75, 3.05) is 25.2 Å². The van der Waals surface area contributed by atoms with Crippen molar-refractivity contribution in [3.05, 3.63) is 59.2 Å². The Hall–Kier alpha value is -1.75. The molecule has 1 fully saturated rings. The minimum atomic E-state index is -1.02. The molecular weight excluding hydrogens is 553 g/mol. The van der Waals surface area contributed by atoms with Gasteiger partial charge in [-0.1, -0.05) is 83.2 Å². The van der Waals surface area contributed by atoms with Gasteiger partial charge in [-0.25, -0.2) is 4.79 Å². The van der Waals surface area contributed by atoms with Gasteiger partial charge in [0.05, 0.1) is 19.3 Å². The van der Waals surface area contributed by atoms with Gasteiger partial charge in [0.15, 0.2) is 0 Å². The second kappa shape index (κ2) is 18.9. The molecule has 0 bridgehead atoms. The second-order valence-electron chi connectivity index (χ2n) is 12.9. The summed E-state index contributed by atoms with van der Waals surface area (Å²) in [6, 6.07) is 12.8. The van der Waals surface area contributed by atoms with E-state index in [1.807, 2.05) is 49.6 Å². The first kappa shape index (κ1) is 37.4. The van der Waals surface area contributed by atoms with E-state index in [2.05, 4.69) is 26.1 Å². The van der Waals surface area contributed by atoms with Gasteiger partial charge in [-0.2, -0.15) is 11.8 Å². The monoisotopic (exact) mass is 605 g/mol. The molecule has 0 aliphatic heterocycles. The molecule has 43 heavy (non-hydrogen) atoms. The van der Waals surface area contributed by atoms with Gasteiger partial charge >= 0.3 is 24.8 Å². The van der Waals surface area contributed by atoms with Gasteiger partial charge in [-0.05, 0) is 83.9 Å². The third-order valence-electron chi connectivity index (χ3n) is 8.08. The fourth-order valence-electron chi connectivity index (χ4n) is 5.49. The number of hydrogen-bond acceptors (Lipinski definition) is 5. The number of nitrogens with one attached hydrogen (secondary N) is 1. The number of thioether (sulfide) groups is 1. The minimum Gasteiger partial charge on any atom is -1.00 e. The molecule has 2 N–H and O–H groups in total. The molecule has 0 aromatic heterocycles. The number of carboxylic acids is 1. The van der Waals surface area contributed by atoms with Crippen molar-refractivity contribution in [3.8, 4) is 11.1 Å². The van der Waals surface area contributed by atoms with Crippen molar-refractivity contribution >= 4 is 23.6 Å². The molecule has 2 aromatic carbocycles. The summed E-state index contributed by atoms with van der Waals surface area (Å²) >= 11 is 1.56. The van der Waals surface area contributed by atoms with Crippen LogP contribution in [0.5, 0.6) is 0 Å². The number of hydrogen-bond donors (Lipinski definition) is 2. The standard InChI is InChI=1S/C35H51NO5S.Li.H/c1-25-11-9-10-14-29(25)31-22-27(15-16-30(31)33(37)36-32(34(38)39)17-20-42-5)23-41-28(21-26-12-7-6-8-13-26)24-40-19-18-35(2,3)4;;/h9-11,14-16,22,26,28,32H,6-8,12-13,17-21,23-24H2,1-5H3,(H,36,37)(H,38,39);;/q;+1;-1. The number of aliphatic carboxylic acids is 1. The second-order valence-corrected chi connectivity index (χ2v) is 13.9. The number of ether oxygens (including phenoxy) is 2. The summed E-state index contributed by atoms with van der Waals surface area (Å²) < 4.78 is 12.6. The molecule has 8 heteroatoms. The third-order valence-corrected chi connectivity index (χ3v) is 8.73. The van der Waals surface area contributed by atoms with E-state index >= 15 is 0 Å². The average molecular weight is 606 g/mol. The molecule has 1 aliphatic rings. The molecule has 0 saturated heterocycles. The molecule has 2 unspecified atom stereocenters. The van der Waals surface area contributed by atoms with Crippen molar-refractivity contribution < 1.29 is 44.5 Å². The van der Waals surface area contributed by atoms with E-state index in [4.69, 9.17) is 9.47 Å². The summed E-state index contributed by atoms with van der Waals surface area (Å²) in [5.41, 5.74) is 4.46. The van der Waals surface area contributed by atoms with E-state index in [-0.39, 0.29) is 37.7 Å². The maximum atomic E-state index is 13.4. The van der Waals surface area contributed by atoms with Gasteiger partial charge in [0.25, 0.3) is 5.91 Å². The molecule has 1 saturated carbocycles. The van der Waals surface area contributed by atoms with E-state index in [0.29, 0.717) is 36.9 Å². The van der Waals surface area contributed by atoms with Gasteiger partial charge in [0.2, 0.25) is 0 Å². The molecule has 0 radical (unpaired) electrons. The predicted octanol–water partition coefficient (Wildman–Crippen LogP) is 5.02. The molecule has 1 amide bonds. The van der Waals surface area contributed by atoms with E-state index in [9.17, 15) is 14.7 Å². The van der Waals surface area contributed by atoms with Crippen molar-refractivity contribution in [3.63, 3.8) is 0 Å². The fourth-order valence-corrected chi connectivity index (χ4v) is 5.96. The predicted molar refractivity (Wildman–Crippen MR) is 174 cm³/mol. The van der Waals surface area contributed by atoms with Crippen LogP contribution in [-0.2, 0) is 20.9 Å². The van der Waals surface area contributed by atoms with Gasteiger partial charge in [-0.15, -0.1) is 0 Å². The van der Waals surface area contributed by atoms with Crippen LogP contribution in [0.1, 0.15) is 95.0 Å². The summed E-state index contributed by atoms with van der Waals surface area (Å²) in [6.45, 7) is 10.4. The molecule has 2 atom stereocenters. The molecule has 234 valence electrons. The van der Waals surface area contributed by atoms with E-state index < -0.39 is 12.0 Å². The number of carboxylic acid groups (broad SMARTS) is 1. The van der Waals surface area contributed by atoms with Crippen molar-refractivity contribution in [2.45, 2.75) is 97.8 Å². The molecule has 0 spiro atoms. The summed E-state index contributed by atoms with van der Waals surface area (Å²) in [4.78, 5) is 25.2. The molecule has 1 aliphatic carbocycles. The Kier molecular flexibility index (Phi) is 16.5. The van der Waals surface area contributed by atoms with Crippen LogP contribution in [0.4, 0.5) is 0 Å². The number of rotatable bonds is 16. The van der Waals surface area contributed by atoms with E-state index in [0.717, 1.165) is 41.7 Å². The topological polar surface area (TPSA) is 84.9 Å². The molecular formula is C35H52LiNO5S. The van der Waals surface area contributed by atoms with Crippen molar-refractivity contribution in [1.29, 1.82) is 0 Å². The number of amides is 1. The average Bonchev–Trinajstić information content (AvgIpc) is 2.96. The van der Waals surface area contributed by atoms with Gasteiger partial charge in [-0.3, -0.25) is 4.79 Å². The smallest absolute Gasteiger partial charge is 1.00 e. The normalized spacial score (nSPS) is 15.4. The van der Waals surface area contributed by atoms with Crippen LogP contribution >= 0.6 is 11.8 Å². The first-order chi connectivity index (χ1) is 20.1. The summed E-state index contributed by atoms with van der Waals surface area (Å²) in [5.74, 6) is -0.0674. The molecule has 6 nitrogen and oxygen atoms in total. The number of carbonyl (C=O) groups excluding carboxylic acids is 1. The first-order valence-electron chi connectivity index (χ1n) is 15.5. The van der Waals surface area contributed by atoms with E-state index in [1.54, 1.807) is 17.8 Å². The summed E-state index contributed by atoms with van der Waals surface area (Å²) in [6.07, 6.45) is 10.8. The Morgan fingerprint density at radius 1 is 1.09 bits per heavy atom. The maximum Gasteiger partial charge on any atom is 1.00 e. The van der Waals surface area contributed by atoms with Crippen molar-refractivity contribution in [1.82, 2.24) is 5.32 Å². The van der Waals surface area contributed by atoms with Crippen LogP contribution in [0.25, 0.3) is 11.1 Å². The Morgan fingerprint density at radius 2 is 1.81 bits per heavy atom. The molecule has 0 heterocycles. The van der Waals surface area contributed by atoms with Gasteiger partial charge in [0, 0.05) is 12.2 Å². The Labute approximate surface area is 277 Å². The molecule has 2 aromatic rings. The zero-order chi connectivity index (χ0) is 30.5. The Bertz CT molecular complexity index is 1150. The SMILES string of the molecule is CSCCC(NC(=O)c1ccc(COC(COCCC(C)(C)C)CC2CCCCC2)cc1-c1ccccc1C)C(=O)O.[H-].[Li+]. The molecule has 3 rings (SSSR count). The minimum absolute atomic E-state index is 0. The van der Waals surface area contributed by atoms with Gasteiger partial charge < -0.3 is 21.3 Å². The first-order valence-corrected chi connectivity index (χ1v) is 16.9. The van der Waals surface area contributed by atoms with Crippen LogP contribution in [0, 0.1) is 18.3 Å².